The van der Waals surface area contributed by atoms with E-state index >= 15 is 0 Å². The van der Waals surface area contributed by atoms with Crippen molar-refractivity contribution in [3.63, 3.8) is 0 Å². The number of alkyl halides is 5. The topological polar surface area (TPSA) is 37.3 Å². The first-order chi connectivity index (χ1) is 11.1. The van der Waals surface area contributed by atoms with Crippen molar-refractivity contribution in [3.05, 3.63) is 12.2 Å². The first-order valence-corrected chi connectivity index (χ1v) is 8.48. The average molecular weight is 352 g/mol. The van der Waals surface area contributed by atoms with E-state index in [9.17, 15) is 31.9 Å². The van der Waals surface area contributed by atoms with E-state index in [1.807, 2.05) is 6.08 Å². The lowest BCUT2D eigenvalue weighted by Gasteiger charge is -2.48. The third-order valence-corrected chi connectivity index (χ3v) is 6.12. The maximum absolute atomic E-state index is 14.8. The molecule has 3 rings (SSSR count). The molecule has 24 heavy (non-hydrogen) atoms. The van der Waals surface area contributed by atoms with Gasteiger partial charge in [-0.2, -0.15) is 22.0 Å². The van der Waals surface area contributed by atoms with Crippen molar-refractivity contribution in [2.75, 3.05) is 0 Å². The van der Waals surface area contributed by atoms with Crippen molar-refractivity contribution in [1.29, 1.82) is 0 Å². The largest absolute Gasteiger partial charge is 0.456 e. The molecule has 1 N–H and O–H groups in total. The van der Waals surface area contributed by atoms with Gasteiger partial charge in [0.1, 0.15) is 5.60 Å². The Morgan fingerprint density at radius 3 is 2.04 bits per heavy atom. The number of carbonyl (C=O) groups is 1. The zero-order chi connectivity index (χ0) is 17.8. The minimum absolute atomic E-state index is 0.00639. The van der Waals surface area contributed by atoms with Crippen molar-refractivity contribution in [2.24, 2.45) is 23.7 Å². The Kier molecular flexibility index (Phi) is 4.30. The predicted octanol–water partition coefficient (Wildman–Crippen LogP) is 4.28. The summed E-state index contributed by atoms with van der Waals surface area (Å²) in [5.74, 6) is -10.3. The third-order valence-electron chi connectivity index (χ3n) is 6.12. The fraction of sp³-hybridized carbons (Fsp3) is 0.824. The number of carbonyl (C=O) groups excluding carboxylic acids is 1. The molecule has 2 nitrogen and oxygen atoms in total. The van der Waals surface area contributed by atoms with E-state index < -0.39 is 35.3 Å². The summed E-state index contributed by atoms with van der Waals surface area (Å²) in [7, 11) is 0. The highest BCUT2D eigenvalue weighted by Gasteiger charge is 2.71. The Labute approximate surface area is 137 Å². The van der Waals surface area contributed by atoms with Gasteiger partial charge in [0.25, 0.3) is 0 Å². The lowest BCUT2D eigenvalue weighted by molar-refractivity contribution is -0.257. The van der Waals surface area contributed by atoms with Crippen LogP contribution in [0.15, 0.2) is 12.2 Å². The van der Waals surface area contributed by atoms with Crippen LogP contribution in [0.5, 0.6) is 0 Å². The average Bonchev–Trinajstić information content (AvgIpc) is 3.16. The number of ketones is 1. The number of aliphatic hydroxyl groups is 1. The predicted molar refractivity (Wildman–Crippen MR) is 76.4 cm³/mol. The molecule has 136 valence electrons. The molecule has 7 heteroatoms. The summed E-state index contributed by atoms with van der Waals surface area (Å²) in [6.45, 7) is 0. The summed E-state index contributed by atoms with van der Waals surface area (Å²) in [6.07, 6.45) is 1.13. The number of allylic oxidation sites excluding steroid dienone is 2. The Morgan fingerprint density at radius 1 is 0.958 bits per heavy atom. The van der Waals surface area contributed by atoms with Crippen molar-refractivity contribution < 1.29 is 31.9 Å². The molecule has 0 aliphatic heterocycles. The van der Waals surface area contributed by atoms with Gasteiger partial charge in [-0.25, -0.2) is 0 Å². The molecule has 3 aliphatic rings. The van der Waals surface area contributed by atoms with E-state index in [2.05, 4.69) is 0 Å². The normalized spacial score (nSPS) is 33.7. The number of hydrogen-bond acceptors (Lipinski definition) is 2. The van der Waals surface area contributed by atoms with Gasteiger partial charge in [0, 0.05) is 5.92 Å². The van der Waals surface area contributed by atoms with E-state index in [0.29, 0.717) is 19.3 Å². The summed E-state index contributed by atoms with van der Waals surface area (Å²) >= 11 is 0. The lowest BCUT2D eigenvalue weighted by atomic mass is 9.63. The first-order valence-electron chi connectivity index (χ1n) is 8.48. The van der Waals surface area contributed by atoms with Crippen LogP contribution in [-0.2, 0) is 4.79 Å². The number of halogens is 5. The first kappa shape index (κ1) is 17.8. The fourth-order valence-electron chi connectivity index (χ4n) is 4.98. The van der Waals surface area contributed by atoms with Crippen LogP contribution in [0, 0.1) is 23.7 Å². The molecule has 0 aromatic rings. The summed E-state index contributed by atoms with van der Waals surface area (Å²) in [6, 6.07) is 0. The van der Waals surface area contributed by atoms with Crippen LogP contribution < -0.4 is 0 Å². The van der Waals surface area contributed by atoms with Gasteiger partial charge in [-0.15, -0.1) is 0 Å². The molecular formula is C17H21F5O2. The van der Waals surface area contributed by atoms with E-state index in [4.69, 9.17) is 0 Å². The van der Waals surface area contributed by atoms with Crippen molar-refractivity contribution in [1.82, 2.24) is 0 Å². The van der Waals surface area contributed by atoms with Gasteiger partial charge in [-0.1, -0.05) is 31.4 Å². The van der Waals surface area contributed by atoms with Gasteiger partial charge in [0.15, 0.2) is 0 Å². The zero-order valence-corrected chi connectivity index (χ0v) is 13.2. The second-order valence-electron chi connectivity index (χ2n) is 7.45. The maximum atomic E-state index is 14.8. The van der Waals surface area contributed by atoms with Gasteiger partial charge in [-0.3, -0.25) is 4.79 Å². The highest BCUT2D eigenvalue weighted by atomic mass is 19.4. The quantitative estimate of drug-likeness (QED) is 0.606. The molecule has 0 spiro atoms. The molecule has 3 aliphatic carbocycles. The standard InChI is InChI=1S/C17H21F5O2/c18-16(19,14(23)17(20,21)22)15(24,12-4-2-1-3-5-12)13-9-10-6-7-11(13)8-10/h6-7,10-13,24H,1-5,8-9H2. The van der Waals surface area contributed by atoms with Crippen molar-refractivity contribution in [2.45, 2.75) is 62.6 Å². The molecule has 4 unspecified atom stereocenters. The summed E-state index contributed by atoms with van der Waals surface area (Å²) in [4.78, 5) is 11.5. The molecule has 0 amide bonds. The van der Waals surface area contributed by atoms with Crippen LogP contribution in [0.1, 0.15) is 44.9 Å². The molecule has 2 saturated carbocycles. The van der Waals surface area contributed by atoms with Gasteiger partial charge >= 0.3 is 17.9 Å². The molecule has 4 atom stereocenters. The van der Waals surface area contributed by atoms with E-state index in [1.165, 1.54) is 0 Å². The Morgan fingerprint density at radius 2 is 1.58 bits per heavy atom. The molecule has 0 radical (unpaired) electrons. The minimum Gasteiger partial charge on any atom is -0.382 e. The van der Waals surface area contributed by atoms with Gasteiger partial charge < -0.3 is 5.11 Å². The second kappa shape index (κ2) is 5.78. The summed E-state index contributed by atoms with van der Waals surface area (Å²) < 4.78 is 67.8. The lowest BCUT2D eigenvalue weighted by Crippen LogP contribution is -2.65. The Balaban J connectivity index is 2.01. The minimum atomic E-state index is -5.67. The molecule has 2 fully saturated rings. The van der Waals surface area contributed by atoms with Gasteiger partial charge in [0.05, 0.1) is 0 Å². The molecule has 0 saturated heterocycles. The van der Waals surface area contributed by atoms with Crippen LogP contribution in [-0.4, -0.2) is 28.6 Å². The maximum Gasteiger partial charge on any atom is 0.456 e. The summed E-state index contributed by atoms with van der Waals surface area (Å²) in [5, 5.41) is 11.0. The monoisotopic (exact) mass is 352 g/mol. The molecule has 2 bridgehead atoms. The number of hydrogen-bond donors (Lipinski definition) is 1. The SMILES string of the molecule is O=C(C(F)(F)F)C(F)(F)C(O)(C1CCCCC1)C1CC2C=CC1C2. The highest BCUT2D eigenvalue weighted by Crippen LogP contribution is 2.57. The highest BCUT2D eigenvalue weighted by molar-refractivity contribution is 5.92. The zero-order valence-electron chi connectivity index (χ0n) is 13.2. The Bertz CT molecular complexity index is 536. The van der Waals surface area contributed by atoms with Crippen LogP contribution in [0.3, 0.4) is 0 Å². The molecule has 0 heterocycles. The van der Waals surface area contributed by atoms with Gasteiger partial charge in [0.2, 0.25) is 0 Å². The van der Waals surface area contributed by atoms with Crippen LogP contribution >= 0.6 is 0 Å². The van der Waals surface area contributed by atoms with Gasteiger partial charge in [-0.05, 0) is 43.4 Å². The van der Waals surface area contributed by atoms with Crippen molar-refractivity contribution >= 4 is 5.78 Å². The molecule has 0 aromatic heterocycles. The third kappa shape index (κ3) is 2.59. The number of rotatable bonds is 4. The fourth-order valence-corrected chi connectivity index (χ4v) is 4.98. The molecule has 0 aromatic carbocycles. The van der Waals surface area contributed by atoms with Crippen LogP contribution in [0.4, 0.5) is 22.0 Å². The van der Waals surface area contributed by atoms with E-state index in [1.54, 1.807) is 6.08 Å². The Hall–Kier alpha value is -0.980. The smallest absolute Gasteiger partial charge is 0.382 e. The summed E-state index contributed by atoms with van der Waals surface area (Å²) in [5.41, 5.74) is -2.93. The van der Waals surface area contributed by atoms with E-state index in [0.717, 1.165) is 6.42 Å². The van der Waals surface area contributed by atoms with Crippen LogP contribution in [0.25, 0.3) is 0 Å². The van der Waals surface area contributed by atoms with Crippen LogP contribution in [0.2, 0.25) is 0 Å². The molecular weight excluding hydrogens is 331 g/mol. The van der Waals surface area contributed by atoms with Crippen molar-refractivity contribution in [3.8, 4) is 0 Å². The second-order valence-corrected chi connectivity index (χ2v) is 7.45. The van der Waals surface area contributed by atoms with E-state index in [-0.39, 0.29) is 31.1 Å². The number of Topliss-reactive ketones (excluding diaryl/α,β-unsaturated/α-hetero) is 1. The number of fused-ring (bicyclic) bond motifs is 2.